The van der Waals surface area contributed by atoms with Gasteiger partial charge < -0.3 is 10.6 Å². The van der Waals surface area contributed by atoms with Gasteiger partial charge in [-0.25, -0.2) is 0 Å². The van der Waals surface area contributed by atoms with Crippen molar-refractivity contribution in [1.29, 1.82) is 0 Å². The van der Waals surface area contributed by atoms with Crippen molar-refractivity contribution in [2.45, 2.75) is 69.2 Å². The fraction of sp³-hybridized carbons (Fsp3) is 0.696. The zero-order valence-corrected chi connectivity index (χ0v) is 16.6. The van der Waals surface area contributed by atoms with Crippen LogP contribution < -0.4 is 10.6 Å². The normalized spacial score (nSPS) is 26.0. The van der Waals surface area contributed by atoms with Crippen molar-refractivity contribution in [2.24, 2.45) is 0 Å². The highest BCUT2D eigenvalue weighted by Crippen LogP contribution is 2.35. The van der Waals surface area contributed by atoms with Crippen molar-refractivity contribution < 1.29 is 4.79 Å². The third-order valence-electron chi connectivity index (χ3n) is 7.06. The largest absolute Gasteiger partial charge is 0.350 e. The number of carbonyl (C=O) groups is 1. The number of benzene rings is 1. The monoisotopic (exact) mass is 369 g/mol. The molecule has 4 nitrogen and oxygen atoms in total. The average Bonchev–Trinajstić information content (AvgIpc) is 3.29. The highest BCUT2D eigenvalue weighted by molar-refractivity contribution is 5.94. The van der Waals surface area contributed by atoms with E-state index in [0.717, 1.165) is 25.2 Å². The quantitative estimate of drug-likeness (QED) is 0.832. The molecule has 0 aromatic heterocycles. The van der Waals surface area contributed by atoms with Crippen molar-refractivity contribution in [3.8, 4) is 0 Å². The van der Waals surface area contributed by atoms with Gasteiger partial charge in [0.2, 0.25) is 0 Å². The third kappa shape index (κ3) is 4.38. The first-order valence-electron chi connectivity index (χ1n) is 11.1. The van der Waals surface area contributed by atoms with Crippen LogP contribution in [0.1, 0.15) is 79.6 Å². The summed E-state index contributed by atoms with van der Waals surface area (Å²) in [6, 6.07) is 8.33. The van der Waals surface area contributed by atoms with Crippen LogP contribution in [0, 0.1) is 0 Å². The number of likely N-dealkylation sites (tertiary alicyclic amines) is 1. The third-order valence-corrected chi connectivity index (χ3v) is 7.06. The lowest BCUT2D eigenvalue weighted by Gasteiger charge is -2.45. The fourth-order valence-electron chi connectivity index (χ4n) is 5.42. The first kappa shape index (κ1) is 18.9. The maximum Gasteiger partial charge on any atom is 0.251 e. The van der Waals surface area contributed by atoms with E-state index in [-0.39, 0.29) is 11.4 Å². The fourth-order valence-corrected chi connectivity index (χ4v) is 5.42. The average molecular weight is 370 g/mol. The van der Waals surface area contributed by atoms with Gasteiger partial charge in [-0.3, -0.25) is 9.69 Å². The number of carbonyl (C=O) groups excluding carboxylic acids is 1. The Labute approximate surface area is 164 Å². The molecule has 2 N–H and O–H groups in total. The molecule has 4 heteroatoms. The van der Waals surface area contributed by atoms with Crippen LogP contribution in [0.3, 0.4) is 0 Å². The van der Waals surface area contributed by atoms with Gasteiger partial charge in [-0.1, -0.05) is 31.4 Å². The molecular weight excluding hydrogens is 334 g/mol. The molecule has 3 fully saturated rings. The number of nitrogens with zero attached hydrogens (tertiary/aromatic N) is 1. The Morgan fingerprint density at radius 2 is 1.93 bits per heavy atom. The summed E-state index contributed by atoms with van der Waals surface area (Å²) >= 11 is 0. The summed E-state index contributed by atoms with van der Waals surface area (Å²) in [6.45, 7) is 5.37. The van der Waals surface area contributed by atoms with Gasteiger partial charge in [0.25, 0.3) is 5.91 Å². The van der Waals surface area contributed by atoms with Gasteiger partial charge in [0, 0.05) is 24.2 Å². The minimum atomic E-state index is 0.102. The molecule has 1 aromatic rings. The van der Waals surface area contributed by atoms with Crippen LogP contribution in [0.25, 0.3) is 0 Å². The molecule has 3 aliphatic rings. The lowest BCUT2D eigenvalue weighted by Crippen LogP contribution is -2.55. The summed E-state index contributed by atoms with van der Waals surface area (Å²) < 4.78 is 0. The van der Waals surface area contributed by atoms with Crippen LogP contribution >= 0.6 is 0 Å². The predicted molar refractivity (Wildman–Crippen MR) is 110 cm³/mol. The van der Waals surface area contributed by atoms with E-state index >= 15 is 0 Å². The smallest absolute Gasteiger partial charge is 0.251 e. The second-order valence-electron chi connectivity index (χ2n) is 8.83. The molecule has 0 spiro atoms. The number of amides is 1. The molecular formula is C23H35N3O. The predicted octanol–water partition coefficient (Wildman–Crippen LogP) is 3.68. The maximum absolute atomic E-state index is 12.9. The Balaban J connectivity index is 1.42. The topological polar surface area (TPSA) is 44.4 Å². The SMILES string of the molecule is O=C(NCC1(N2CCCC2)CCCCC1)c1cccc(C2CCCNC2)c1. The van der Waals surface area contributed by atoms with E-state index in [4.69, 9.17) is 0 Å². The van der Waals surface area contributed by atoms with Crippen LogP contribution in [0.15, 0.2) is 24.3 Å². The lowest BCUT2D eigenvalue weighted by atomic mass is 9.80. The Morgan fingerprint density at radius 1 is 1.11 bits per heavy atom. The van der Waals surface area contributed by atoms with Crippen LogP contribution in [-0.2, 0) is 0 Å². The summed E-state index contributed by atoms with van der Waals surface area (Å²) in [5.41, 5.74) is 2.34. The standard InChI is InChI=1S/C23H35N3O/c27-22(20-9-6-8-19(16-20)21-10-7-13-24-17-21)25-18-23(11-2-1-3-12-23)26-14-4-5-15-26/h6,8-9,16,21,24H,1-5,7,10-15,17-18H2,(H,25,27). The van der Waals surface area contributed by atoms with Gasteiger partial charge in [0.15, 0.2) is 0 Å². The van der Waals surface area contributed by atoms with Gasteiger partial charge in [-0.05, 0) is 81.8 Å². The number of nitrogens with one attached hydrogen (secondary N) is 2. The van der Waals surface area contributed by atoms with Crippen LogP contribution in [0.2, 0.25) is 0 Å². The van der Waals surface area contributed by atoms with E-state index in [9.17, 15) is 4.79 Å². The molecule has 1 aliphatic carbocycles. The molecule has 1 saturated carbocycles. The van der Waals surface area contributed by atoms with Crippen LogP contribution in [-0.4, -0.2) is 49.1 Å². The van der Waals surface area contributed by atoms with Gasteiger partial charge in [-0.2, -0.15) is 0 Å². The van der Waals surface area contributed by atoms with E-state index in [2.05, 4.69) is 33.7 Å². The van der Waals surface area contributed by atoms with Crippen molar-refractivity contribution in [3.63, 3.8) is 0 Å². The van der Waals surface area contributed by atoms with Gasteiger partial charge in [-0.15, -0.1) is 0 Å². The number of hydrogen-bond acceptors (Lipinski definition) is 3. The molecule has 1 atom stereocenters. The molecule has 2 heterocycles. The highest BCUT2D eigenvalue weighted by atomic mass is 16.1. The second-order valence-corrected chi connectivity index (χ2v) is 8.83. The summed E-state index contributed by atoms with van der Waals surface area (Å²) in [5.74, 6) is 0.644. The molecule has 0 radical (unpaired) electrons. The molecule has 1 aromatic carbocycles. The van der Waals surface area contributed by atoms with Crippen LogP contribution in [0.5, 0.6) is 0 Å². The van der Waals surface area contributed by atoms with Crippen molar-refractivity contribution in [2.75, 3.05) is 32.7 Å². The Bertz CT molecular complexity index is 626. The highest BCUT2D eigenvalue weighted by Gasteiger charge is 2.39. The molecule has 1 amide bonds. The van der Waals surface area contributed by atoms with Gasteiger partial charge >= 0.3 is 0 Å². The number of rotatable bonds is 5. The molecule has 4 rings (SSSR count). The van der Waals surface area contributed by atoms with Gasteiger partial charge in [0.1, 0.15) is 0 Å². The first-order chi connectivity index (χ1) is 13.3. The van der Waals surface area contributed by atoms with E-state index in [0.29, 0.717) is 5.92 Å². The summed E-state index contributed by atoms with van der Waals surface area (Å²) in [5, 5.41) is 6.80. The first-order valence-corrected chi connectivity index (χ1v) is 11.1. The minimum Gasteiger partial charge on any atom is -0.350 e. The maximum atomic E-state index is 12.9. The zero-order chi connectivity index (χ0) is 18.5. The van der Waals surface area contributed by atoms with Crippen molar-refractivity contribution in [1.82, 2.24) is 15.5 Å². The molecule has 148 valence electrons. The van der Waals surface area contributed by atoms with E-state index in [1.807, 2.05) is 6.07 Å². The molecule has 1 unspecified atom stereocenters. The Kier molecular flexibility index (Phi) is 6.14. The number of hydrogen-bond donors (Lipinski definition) is 2. The summed E-state index contributed by atoms with van der Waals surface area (Å²) in [4.78, 5) is 15.6. The Morgan fingerprint density at radius 3 is 2.67 bits per heavy atom. The number of piperidine rings is 1. The lowest BCUT2D eigenvalue weighted by molar-refractivity contribution is 0.0652. The minimum absolute atomic E-state index is 0.102. The summed E-state index contributed by atoms with van der Waals surface area (Å²) in [7, 11) is 0. The van der Waals surface area contributed by atoms with Gasteiger partial charge in [0.05, 0.1) is 0 Å². The molecule has 27 heavy (non-hydrogen) atoms. The summed E-state index contributed by atoms with van der Waals surface area (Å²) in [6.07, 6.45) is 11.5. The second kappa shape index (κ2) is 8.74. The zero-order valence-electron chi connectivity index (χ0n) is 16.6. The molecule has 2 saturated heterocycles. The van der Waals surface area contributed by atoms with Crippen molar-refractivity contribution in [3.05, 3.63) is 35.4 Å². The Hall–Kier alpha value is -1.39. The molecule has 2 aliphatic heterocycles. The van der Waals surface area contributed by atoms with Crippen molar-refractivity contribution >= 4 is 5.91 Å². The van der Waals surface area contributed by atoms with E-state index < -0.39 is 0 Å². The molecule has 0 bridgehead atoms. The van der Waals surface area contributed by atoms with E-state index in [1.165, 1.54) is 76.4 Å². The van der Waals surface area contributed by atoms with E-state index in [1.54, 1.807) is 0 Å². The van der Waals surface area contributed by atoms with Crippen LogP contribution in [0.4, 0.5) is 0 Å².